The predicted octanol–water partition coefficient (Wildman–Crippen LogP) is 4.36. The molecule has 0 aliphatic heterocycles. The van der Waals surface area contributed by atoms with Crippen LogP contribution >= 0.6 is 0 Å². The third kappa shape index (κ3) is 4.09. The molecule has 4 rings (SSSR count). The van der Waals surface area contributed by atoms with Crippen molar-refractivity contribution < 1.29 is 23.8 Å². The van der Waals surface area contributed by atoms with Crippen molar-refractivity contribution in [3.05, 3.63) is 23.3 Å². The topological polar surface area (TPSA) is 61.8 Å². The minimum absolute atomic E-state index is 0.0799. The lowest BCUT2D eigenvalue weighted by atomic mass is 9.97. The summed E-state index contributed by atoms with van der Waals surface area (Å²) in [6, 6.07) is 0. The molecule has 29 heavy (non-hydrogen) atoms. The van der Waals surface area contributed by atoms with Crippen molar-refractivity contribution >= 4 is 11.9 Å². The largest absolute Gasteiger partial charge is 0.386 e. The van der Waals surface area contributed by atoms with E-state index >= 15 is 0 Å². The molecule has 0 saturated heterocycles. The number of unbranched alkanes of at least 4 members (excludes halogenated alkanes) is 2. The highest BCUT2D eigenvalue weighted by Gasteiger charge is 2.49. The Balaban J connectivity index is 1.32. The van der Waals surface area contributed by atoms with Crippen LogP contribution in [0.25, 0.3) is 0 Å². The summed E-state index contributed by atoms with van der Waals surface area (Å²) in [4.78, 5) is 25.5. The van der Waals surface area contributed by atoms with Gasteiger partial charge < -0.3 is 14.2 Å². The first-order valence-electron chi connectivity index (χ1n) is 11.6. The van der Waals surface area contributed by atoms with Gasteiger partial charge in [-0.1, -0.05) is 38.8 Å². The van der Waals surface area contributed by atoms with Crippen LogP contribution in [0.1, 0.15) is 65.2 Å². The maximum atomic E-state index is 12.8. The molecular weight excluding hydrogens is 368 g/mol. The first-order valence-corrected chi connectivity index (χ1v) is 11.6. The van der Waals surface area contributed by atoms with Gasteiger partial charge in [-0.3, -0.25) is 0 Å². The van der Waals surface area contributed by atoms with Gasteiger partial charge in [-0.15, -0.1) is 0 Å². The highest BCUT2D eigenvalue weighted by atomic mass is 16.6. The van der Waals surface area contributed by atoms with E-state index < -0.39 is 11.9 Å². The lowest BCUT2D eigenvalue weighted by Gasteiger charge is -2.19. The number of hydrogen-bond acceptors (Lipinski definition) is 5. The predicted molar refractivity (Wildman–Crippen MR) is 109 cm³/mol. The zero-order valence-corrected chi connectivity index (χ0v) is 17.7. The molecule has 5 heteroatoms. The molecule has 2 fully saturated rings. The van der Waals surface area contributed by atoms with Crippen LogP contribution in [-0.2, 0) is 23.8 Å². The maximum absolute atomic E-state index is 12.8. The monoisotopic (exact) mass is 402 g/mol. The van der Waals surface area contributed by atoms with Crippen molar-refractivity contribution in [3.8, 4) is 0 Å². The van der Waals surface area contributed by atoms with Crippen molar-refractivity contribution in [3.63, 3.8) is 0 Å². The average Bonchev–Trinajstić information content (AvgIpc) is 3.48. The van der Waals surface area contributed by atoms with Gasteiger partial charge in [-0.25, -0.2) is 9.59 Å². The van der Waals surface area contributed by atoms with Crippen LogP contribution < -0.4 is 0 Å². The number of fused-ring (bicyclic) bond motifs is 4. The van der Waals surface area contributed by atoms with Gasteiger partial charge in [0.2, 0.25) is 0 Å². The molecule has 4 bridgehead atoms. The van der Waals surface area contributed by atoms with Gasteiger partial charge in [0.05, 0.1) is 12.2 Å². The van der Waals surface area contributed by atoms with Crippen molar-refractivity contribution in [2.24, 2.45) is 23.7 Å². The molecule has 0 N–H and O–H groups in total. The van der Waals surface area contributed by atoms with E-state index in [-0.39, 0.29) is 35.9 Å². The van der Waals surface area contributed by atoms with E-state index in [2.05, 4.69) is 13.8 Å². The van der Waals surface area contributed by atoms with Gasteiger partial charge in [-0.05, 0) is 38.5 Å². The van der Waals surface area contributed by atoms with Crippen LogP contribution in [0.4, 0.5) is 0 Å². The van der Waals surface area contributed by atoms with E-state index in [0.717, 1.165) is 64.6 Å². The molecule has 2 saturated carbocycles. The van der Waals surface area contributed by atoms with E-state index in [4.69, 9.17) is 14.2 Å². The first kappa shape index (κ1) is 20.8. The zero-order valence-electron chi connectivity index (χ0n) is 17.7. The van der Waals surface area contributed by atoms with Crippen LogP contribution in [0.3, 0.4) is 0 Å². The van der Waals surface area contributed by atoms with Gasteiger partial charge in [0, 0.05) is 48.0 Å². The summed E-state index contributed by atoms with van der Waals surface area (Å²) in [6.45, 7) is 5.75. The van der Waals surface area contributed by atoms with E-state index in [0.29, 0.717) is 11.1 Å². The summed E-state index contributed by atoms with van der Waals surface area (Å²) < 4.78 is 17.4. The Bertz CT molecular complexity index is 635. The standard InChI is InChI=1S/C24H34O5/c1-3-5-11-27-21-15-7-9-17(21)19(13-15)23(25)29-24(26)20-14-16-8-10-18(20)22(16)28-12-6-4-2/h13-18,21-22H,3-12H2,1-2H3. The SMILES string of the molecule is CCCCOC1C2C=C(C(=O)OC(=O)C3=CC4CCC3C4OCCCC)C1CC2. The Kier molecular flexibility index (Phi) is 6.55. The molecular formula is C24H34O5. The molecule has 160 valence electrons. The molecule has 4 aliphatic rings. The first-order chi connectivity index (χ1) is 14.1. The van der Waals surface area contributed by atoms with Gasteiger partial charge in [0.15, 0.2) is 0 Å². The molecule has 6 unspecified atom stereocenters. The lowest BCUT2D eigenvalue weighted by Crippen LogP contribution is -2.26. The number of carbonyl (C=O) groups is 2. The second-order valence-corrected chi connectivity index (χ2v) is 8.99. The summed E-state index contributed by atoms with van der Waals surface area (Å²) >= 11 is 0. The van der Waals surface area contributed by atoms with Gasteiger partial charge in [-0.2, -0.15) is 0 Å². The maximum Gasteiger partial charge on any atom is 0.341 e. The highest BCUT2D eigenvalue weighted by Crippen LogP contribution is 2.48. The van der Waals surface area contributed by atoms with Crippen LogP contribution in [-0.4, -0.2) is 37.4 Å². The number of carbonyl (C=O) groups excluding carboxylic acids is 2. The molecule has 0 aromatic heterocycles. The molecule has 6 atom stereocenters. The summed E-state index contributed by atoms with van der Waals surface area (Å²) in [7, 11) is 0. The van der Waals surface area contributed by atoms with Crippen molar-refractivity contribution in [2.45, 2.75) is 77.4 Å². The molecule has 5 nitrogen and oxygen atoms in total. The third-order valence-corrected chi connectivity index (χ3v) is 7.12. The molecule has 0 radical (unpaired) electrons. The summed E-state index contributed by atoms with van der Waals surface area (Å²) in [5.74, 6) is -0.218. The molecule has 0 amide bonds. The van der Waals surface area contributed by atoms with E-state index in [9.17, 15) is 9.59 Å². The van der Waals surface area contributed by atoms with E-state index in [1.165, 1.54) is 0 Å². The van der Waals surface area contributed by atoms with Gasteiger partial charge in [0.25, 0.3) is 0 Å². The number of ether oxygens (including phenoxy) is 3. The van der Waals surface area contributed by atoms with Gasteiger partial charge >= 0.3 is 11.9 Å². The second-order valence-electron chi connectivity index (χ2n) is 8.99. The van der Waals surface area contributed by atoms with Crippen LogP contribution in [0.15, 0.2) is 23.3 Å². The third-order valence-electron chi connectivity index (χ3n) is 7.12. The minimum Gasteiger partial charge on any atom is -0.386 e. The Morgan fingerprint density at radius 2 is 1.24 bits per heavy atom. The fourth-order valence-corrected chi connectivity index (χ4v) is 5.58. The summed E-state index contributed by atoms with van der Waals surface area (Å²) in [5.41, 5.74) is 1.30. The normalized spacial score (nSPS) is 34.4. The molecule has 0 aromatic carbocycles. The Hall–Kier alpha value is -1.46. The highest BCUT2D eigenvalue weighted by molar-refractivity contribution is 6.03. The minimum atomic E-state index is -0.474. The van der Waals surface area contributed by atoms with Crippen LogP contribution in [0.2, 0.25) is 0 Å². The Labute approximate surface area is 173 Å². The van der Waals surface area contributed by atoms with Crippen LogP contribution in [0, 0.1) is 23.7 Å². The Morgan fingerprint density at radius 1 is 0.793 bits per heavy atom. The zero-order chi connectivity index (χ0) is 20.4. The Morgan fingerprint density at radius 3 is 1.66 bits per heavy atom. The van der Waals surface area contributed by atoms with Gasteiger partial charge in [0.1, 0.15) is 0 Å². The van der Waals surface area contributed by atoms with Crippen LogP contribution in [0.5, 0.6) is 0 Å². The second kappa shape index (κ2) is 9.13. The fraction of sp³-hybridized carbons (Fsp3) is 0.750. The van der Waals surface area contributed by atoms with Crippen molar-refractivity contribution in [1.82, 2.24) is 0 Å². The molecule has 4 aliphatic carbocycles. The van der Waals surface area contributed by atoms with Crippen molar-refractivity contribution in [2.75, 3.05) is 13.2 Å². The number of hydrogen-bond donors (Lipinski definition) is 0. The smallest absolute Gasteiger partial charge is 0.341 e. The lowest BCUT2D eigenvalue weighted by molar-refractivity contribution is -0.155. The fourth-order valence-electron chi connectivity index (χ4n) is 5.58. The quantitative estimate of drug-likeness (QED) is 0.309. The number of esters is 2. The molecule has 0 aromatic rings. The van der Waals surface area contributed by atoms with E-state index in [1.807, 2.05) is 12.2 Å². The molecule has 0 heterocycles. The summed E-state index contributed by atoms with van der Waals surface area (Å²) in [5, 5.41) is 0. The van der Waals surface area contributed by atoms with E-state index in [1.54, 1.807) is 0 Å². The number of rotatable bonds is 10. The molecule has 0 spiro atoms. The summed E-state index contributed by atoms with van der Waals surface area (Å²) in [6.07, 6.45) is 12.4. The van der Waals surface area contributed by atoms with Crippen molar-refractivity contribution in [1.29, 1.82) is 0 Å². The average molecular weight is 403 g/mol.